The average molecular weight is 279 g/mol. The second-order valence-corrected chi connectivity index (χ2v) is 5.51. The Hall–Kier alpha value is -1.62. The Bertz CT molecular complexity index is 450. The molecule has 0 unspecified atom stereocenters. The third-order valence-electron chi connectivity index (χ3n) is 3.25. The Balaban J connectivity index is 2.70. The van der Waals surface area contributed by atoms with E-state index in [9.17, 15) is 4.79 Å². The molecule has 0 bridgehead atoms. The number of aromatic nitrogens is 1. The third-order valence-corrected chi connectivity index (χ3v) is 3.25. The molecule has 2 N–H and O–H groups in total. The summed E-state index contributed by atoms with van der Waals surface area (Å²) in [7, 11) is 0. The number of rotatable bonds is 7. The van der Waals surface area contributed by atoms with Gasteiger partial charge in [0.25, 0.3) is 0 Å². The number of hydrogen-bond donors (Lipinski definition) is 2. The summed E-state index contributed by atoms with van der Waals surface area (Å²) < 4.78 is 0. The summed E-state index contributed by atoms with van der Waals surface area (Å²) in [4.78, 5) is 17.8. The zero-order chi connectivity index (χ0) is 15.3. The number of aryl methyl sites for hydroxylation is 1. The fourth-order valence-corrected chi connectivity index (χ4v) is 2.28. The smallest absolute Gasteiger partial charge is 0.339 e. The van der Waals surface area contributed by atoms with Gasteiger partial charge in [0.15, 0.2) is 0 Å². The van der Waals surface area contributed by atoms with Crippen LogP contribution in [-0.4, -0.2) is 46.1 Å². The van der Waals surface area contributed by atoms with Gasteiger partial charge >= 0.3 is 5.97 Å². The number of hydrogen-bond acceptors (Lipinski definition) is 4. The van der Waals surface area contributed by atoms with Gasteiger partial charge in [-0.2, -0.15) is 0 Å². The lowest BCUT2D eigenvalue weighted by atomic mass is 10.2. The van der Waals surface area contributed by atoms with Crippen molar-refractivity contribution in [3.05, 3.63) is 23.4 Å². The van der Waals surface area contributed by atoms with Gasteiger partial charge in [0.05, 0.1) is 0 Å². The summed E-state index contributed by atoms with van der Waals surface area (Å²) >= 11 is 0. The molecule has 0 fully saturated rings. The number of aromatic carboxylic acids is 1. The molecule has 1 rings (SSSR count). The van der Waals surface area contributed by atoms with Gasteiger partial charge in [-0.3, -0.25) is 4.90 Å². The Morgan fingerprint density at radius 3 is 2.40 bits per heavy atom. The van der Waals surface area contributed by atoms with Crippen LogP contribution in [0.25, 0.3) is 0 Å². The van der Waals surface area contributed by atoms with Crippen molar-refractivity contribution in [2.45, 2.75) is 46.7 Å². The first kappa shape index (κ1) is 16.4. The van der Waals surface area contributed by atoms with Crippen LogP contribution < -0.4 is 5.32 Å². The lowest BCUT2D eigenvalue weighted by Crippen LogP contribution is -2.40. The summed E-state index contributed by atoms with van der Waals surface area (Å²) in [5, 5.41) is 12.3. The van der Waals surface area contributed by atoms with Crippen LogP contribution in [0.15, 0.2) is 12.1 Å². The average Bonchev–Trinajstić information content (AvgIpc) is 2.33. The molecule has 0 aromatic carbocycles. The van der Waals surface area contributed by atoms with Gasteiger partial charge in [0.1, 0.15) is 11.4 Å². The number of carboxylic acid groups (broad SMARTS) is 1. The van der Waals surface area contributed by atoms with E-state index in [0.29, 0.717) is 24.4 Å². The van der Waals surface area contributed by atoms with Gasteiger partial charge in [-0.1, -0.05) is 0 Å². The lowest BCUT2D eigenvalue weighted by molar-refractivity contribution is 0.0697. The van der Waals surface area contributed by atoms with Crippen molar-refractivity contribution in [2.24, 2.45) is 0 Å². The van der Waals surface area contributed by atoms with E-state index >= 15 is 0 Å². The first-order valence-electron chi connectivity index (χ1n) is 7.03. The topological polar surface area (TPSA) is 65.5 Å². The molecule has 1 heterocycles. The first-order chi connectivity index (χ1) is 9.32. The van der Waals surface area contributed by atoms with Crippen LogP contribution in [0.2, 0.25) is 0 Å². The van der Waals surface area contributed by atoms with E-state index < -0.39 is 5.97 Å². The maximum Gasteiger partial charge on any atom is 0.339 e. The van der Waals surface area contributed by atoms with Crippen molar-refractivity contribution in [2.75, 3.05) is 18.4 Å². The molecule has 112 valence electrons. The van der Waals surface area contributed by atoms with Crippen LogP contribution in [0, 0.1) is 6.92 Å². The second-order valence-electron chi connectivity index (χ2n) is 5.51. The number of nitrogens with zero attached hydrogens (tertiary/aromatic N) is 2. The fraction of sp³-hybridized carbons (Fsp3) is 0.600. The normalized spacial score (nSPS) is 11.4. The van der Waals surface area contributed by atoms with Crippen molar-refractivity contribution in [1.82, 2.24) is 9.88 Å². The highest BCUT2D eigenvalue weighted by Gasteiger charge is 2.14. The standard InChI is InChI=1S/C15H25N3O2/c1-10(2)18(11(3)4)9-8-16-14-13(15(19)20)7-6-12(5)17-14/h6-7,10-11H,8-9H2,1-5H3,(H,16,17)(H,19,20). The molecule has 0 aliphatic carbocycles. The van der Waals surface area contributed by atoms with Crippen molar-refractivity contribution in [3.63, 3.8) is 0 Å². The molecular formula is C15H25N3O2. The predicted molar refractivity (Wildman–Crippen MR) is 81.4 cm³/mol. The van der Waals surface area contributed by atoms with Crippen molar-refractivity contribution in [1.29, 1.82) is 0 Å². The number of pyridine rings is 1. The van der Waals surface area contributed by atoms with E-state index in [1.54, 1.807) is 12.1 Å². The van der Waals surface area contributed by atoms with Gasteiger partial charge in [0.2, 0.25) is 0 Å². The number of carboxylic acids is 1. The molecule has 1 aromatic rings. The Labute approximate surface area is 121 Å². The van der Waals surface area contributed by atoms with E-state index in [4.69, 9.17) is 5.11 Å². The van der Waals surface area contributed by atoms with E-state index in [2.05, 4.69) is 42.9 Å². The maximum absolute atomic E-state index is 11.2. The molecule has 1 aromatic heterocycles. The largest absolute Gasteiger partial charge is 0.478 e. The number of nitrogens with one attached hydrogen (secondary N) is 1. The zero-order valence-corrected chi connectivity index (χ0v) is 13.0. The molecule has 5 heteroatoms. The minimum absolute atomic E-state index is 0.219. The first-order valence-corrected chi connectivity index (χ1v) is 7.03. The summed E-state index contributed by atoms with van der Waals surface area (Å²) in [6, 6.07) is 4.22. The molecule has 0 spiro atoms. The van der Waals surface area contributed by atoms with Crippen LogP contribution in [0.5, 0.6) is 0 Å². The summed E-state index contributed by atoms with van der Waals surface area (Å²) in [5.74, 6) is -0.505. The molecule has 20 heavy (non-hydrogen) atoms. The number of carbonyl (C=O) groups is 1. The Morgan fingerprint density at radius 2 is 1.90 bits per heavy atom. The quantitative estimate of drug-likeness (QED) is 0.803. The van der Waals surface area contributed by atoms with Crippen LogP contribution in [0.1, 0.15) is 43.7 Å². The van der Waals surface area contributed by atoms with Gasteiger partial charge in [-0.15, -0.1) is 0 Å². The minimum Gasteiger partial charge on any atom is -0.478 e. The van der Waals surface area contributed by atoms with Gasteiger partial charge in [-0.25, -0.2) is 9.78 Å². The van der Waals surface area contributed by atoms with Crippen LogP contribution in [-0.2, 0) is 0 Å². The monoisotopic (exact) mass is 279 g/mol. The van der Waals surface area contributed by atoms with E-state index in [1.807, 2.05) is 6.92 Å². The van der Waals surface area contributed by atoms with Crippen LogP contribution in [0.4, 0.5) is 5.82 Å². The van der Waals surface area contributed by atoms with E-state index in [-0.39, 0.29) is 5.56 Å². The highest BCUT2D eigenvalue weighted by molar-refractivity contribution is 5.93. The molecule has 0 amide bonds. The van der Waals surface area contributed by atoms with Crippen molar-refractivity contribution in [3.8, 4) is 0 Å². The van der Waals surface area contributed by atoms with Crippen molar-refractivity contribution >= 4 is 11.8 Å². The molecule has 5 nitrogen and oxygen atoms in total. The van der Waals surface area contributed by atoms with Crippen LogP contribution >= 0.6 is 0 Å². The minimum atomic E-state index is -0.954. The van der Waals surface area contributed by atoms with Crippen LogP contribution in [0.3, 0.4) is 0 Å². The molecule has 0 aliphatic rings. The van der Waals surface area contributed by atoms with Gasteiger partial charge in [0, 0.05) is 30.9 Å². The Kier molecular flexibility index (Phi) is 5.95. The van der Waals surface area contributed by atoms with E-state index in [0.717, 1.165) is 12.2 Å². The molecular weight excluding hydrogens is 254 g/mol. The lowest BCUT2D eigenvalue weighted by Gasteiger charge is -2.30. The van der Waals surface area contributed by atoms with Crippen molar-refractivity contribution < 1.29 is 9.90 Å². The SMILES string of the molecule is Cc1ccc(C(=O)O)c(NCCN(C(C)C)C(C)C)n1. The van der Waals surface area contributed by atoms with Gasteiger partial charge < -0.3 is 10.4 Å². The maximum atomic E-state index is 11.2. The van der Waals surface area contributed by atoms with E-state index in [1.165, 1.54) is 0 Å². The summed E-state index contributed by atoms with van der Waals surface area (Å²) in [5.41, 5.74) is 1.03. The zero-order valence-electron chi connectivity index (χ0n) is 13.0. The highest BCUT2D eigenvalue weighted by Crippen LogP contribution is 2.13. The highest BCUT2D eigenvalue weighted by atomic mass is 16.4. The molecule has 0 atom stereocenters. The molecule has 0 radical (unpaired) electrons. The third kappa shape index (κ3) is 4.49. The fourth-order valence-electron chi connectivity index (χ4n) is 2.28. The number of anilines is 1. The molecule has 0 saturated carbocycles. The summed E-state index contributed by atoms with van der Waals surface area (Å²) in [6.07, 6.45) is 0. The predicted octanol–water partition coefficient (Wildman–Crippen LogP) is 2.62. The second kappa shape index (κ2) is 7.24. The Morgan fingerprint density at radius 1 is 1.30 bits per heavy atom. The molecule has 0 aliphatic heterocycles. The summed E-state index contributed by atoms with van der Waals surface area (Å²) in [6.45, 7) is 12.0. The van der Waals surface area contributed by atoms with Gasteiger partial charge in [-0.05, 0) is 46.8 Å². The molecule has 0 saturated heterocycles.